The molecule has 0 atom stereocenters. The number of carbonyl (C=O) groups is 1. The smallest absolute Gasteiger partial charge is 0.233 e. The van der Waals surface area contributed by atoms with Gasteiger partial charge in [0.15, 0.2) is 0 Å². The fraction of sp³-hybridized carbons (Fsp3) is 0.280. The van der Waals surface area contributed by atoms with Crippen molar-refractivity contribution in [3.63, 3.8) is 0 Å². The van der Waals surface area contributed by atoms with Crippen LogP contribution in [0, 0.1) is 20.8 Å². The summed E-state index contributed by atoms with van der Waals surface area (Å²) in [5.41, 5.74) is 5.75. The number of benzene rings is 2. The van der Waals surface area contributed by atoms with E-state index in [9.17, 15) is 13.2 Å². The minimum Gasteiger partial charge on any atom is -0.341 e. The average Bonchev–Trinajstić information content (AvgIpc) is 3.06. The lowest BCUT2D eigenvalue weighted by Crippen LogP contribution is -2.31. The van der Waals surface area contributed by atoms with Gasteiger partial charge in [0.2, 0.25) is 15.9 Å². The molecule has 0 spiro atoms. The number of rotatable bonds is 9. The van der Waals surface area contributed by atoms with Gasteiger partial charge in [-0.05, 0) is 44.0 Å². The van der Waals surface area contributed by atoms with Crippen molar-refractivity contribution < 1.29 is 13.2 Å². The van der Waals surface area contributed by atoms with Crippen molar-refractivity contribution >= 4 is 22.0 Å². The van der Waals surface area contributed by atoms with Gasteiger partial charge in [0.1, 0.15) is 0 Å². The fourth-order valence-electron chi connectivity index (χ4n) is 3.54. The highest BCUT2D eigenvalue weighted by molar-refractivity contribution is 7.92. The largest absolute Gasteiger partial charge is 0.341 e. The number of amides is 1. The van der Waals surface area contributed by atoms with Crippen LogP contribution in [0.3, 0.4) is 0 Å². The predicted octanol–water partition coefficient (Wildman–Crippen LogP) is 3.74. The molecule has 0 aliphatic carbocycles. The van der Waals surface area contributed by atoms with E-state index in [1.807, 2.05) is 80.1 Å². The molecule has 0 saturated carbocycles. The summed E-state index contributed by atoms with van der Waals surface area (Å²) >= 11 is 0. The topological polar surface area (TPSA) is 84.3 Å². The van der Waals surface area contributed by atoms with Crippen molar-refractivity contribution in [1.82, 2.24) is 19.4 Å². The molecule has 2 aromatic carbocycles. The molecule has 0 unspecified atom stereocenters. The lowest BCUT2D eigenvalue weighted by atomic mass is 10.1. The van der Waals surface area contributed by atoms with Crippen molar-refractivity contribution in [2.75, 3.05) is 13.6 Å². The molecule has 8 heteroatoms. The molecule has 174 valence electrons. The molecular weight excluding hydrogens is 436 g/mol. The third kappa shape index (κ3) is 6.40. The van der Waals surface area contributed by atoms with Gasteiger partial charge in [-0.15, -0.1) is 0 Å². The number of aromatic nitrogens is 2. The van der Waals surface area contributed by atoms with Gasteiger partial charge in [-0.1, -0.05) is 48.5 Å². The zero-order valence-corrected chi connectivity index (χ0v) is 20.3. The molecular formula is C25H30N4O3S. The second-order valence-electron chi connectivity index (χ2n) is 8.00. The number of hydrogen-bond acceptors (Lipinski definition) is 4. The van der Waals surface area contributed by atoms with Gasteiger partial charge < -0.3 is 4.90 Å². The highest BCUT2D eigenvalue weighted by Crippen LogP contribution is 2.21. The Kier molecular flexibility index (Phi) is 7.84. The summed E-state index contributed by atoms with van der Waals surface area (Å²) in [6.07, 6.45) is 1.59. The zero-order chi connectivity index (χ0) is 24.0. The molecule has 1 amide bonds. The molecule has 1 N–H and O–H groups in total. The first-order valence-corrected chi connectivity index (χ1v) is 12.3. The van der Waals surface area contributed by atoms with E-state index in [-0.39, 0.29) is 18.9 Å². The molecule has 7 nitrogen and oxygen atoms in total. The number of nitrogens with one attached hydrogen (secondary N) is 1. The Labute approximate surface area is 195 Å². The standard InChI is InChI=1S/C25H30N4O3S/c1-19-10-8-9-13-24(19)29-21(3)23(20(2)27-29)18-28(4)25(30)14-16-26-33(31,32)17-15-22-11-6-5-7-12-22/h5-13,15,17,26H,14,16,18H2,1-4H3. The van der Waals surface area contributed by atoms with Gasteiger partial charge in [0.05, 0.1) is 11.4 Å². The summed E-state index contributed by atoms with van der Waals surface area (Å²) in [4.78, 5) is 14.2. The van der Waals surface area contributed by atoms with Crippen LogP contribution in [-0.4, -0.2) is 42.6 Å². The summed E-state index contributed by atoms with van der Waals surface area (Å²) < 4.78 is 28.7. The highest BCUT2D eigenvalue weighted by Gasteiger charge is 2.18. The number of hydrogen-bond donors (Lipinski definition) is 1. The molecule has 0 aliphatic rings. The van der Waals surface area contributed by atoms with Gasteiger partial charge in [-0.25, -0.2) is 17.8 Å². The van der Waals surface area contributed by atoms with Crippen LogP contribution in [0.15, 0.2) is 60.0 Å². The Hall–Kier alpha value is -3.23. The van der Waals surface area contributed by atoms with Crippen LogP contribution < -0.4 is 4.72 Å². The molecule has 3 aromatic rings. The van der Waals surface area contributed by atoms with Gasteiger partial charge >= 0.3 is 0 Å². The van der Waals surface area contributed by atoms with E-state index in [4.69, 9.17) is 0 Å². The summed E-state index contributed by atoms with van der Waals surface area (Å²) in [7, 11) is -1.90. The first-order chi connectivity index (χ1) is 15.7. The van der Waals surface area contributed by atoms with E-state index < -0.39 is 10.0 Å². The van der Waals surface area contributed by atoms with Crippen LogP contribution in [0.2, 0.25) is 0 Å². The Morgan fingerprint density at radius 2 is 1.73 bits per heavy atom. The Balaban J connectivity index is 1.58. The van der Waals surface area contributed by atoms with Crippen molar-refractivity contribution in [2.45, 2.75) is 33.7 Å². The maximum Gasteiger partial charge on any atom is 0.233 e. The van der Waals surface area contributed by atoms with Gasteiger partial charge in [0, 0.05) is 43.2 Å². The molecule has 1 aromatic heterocycles. The lowest BCUT2D eigenvalue weighted by Gasteiger charge is -2.18. The van der Waals surface area contributed by atoms with Crippen molar-refractivity contribution in [1.29, 1.82) is 0 Å². The van der Waals surface area contributed by atoms with E-state index in [1.165, 1.54) is 6.08 Å². The number of nitrogens with zero attached hydrogens (tertiary/aromatic N) is 3. The van der Waals surface area contributed by atoms with Crippen molar-refractivity contribution in [3.8, 4) is 5.69 Å². The van der Waals surface area contributed by atoms with E-state index in [1.54, 1.807) is 11.9 Å². The van der Waals surface area contributed by atoms with Crippen LogP contribution in [0.4, 0.5) is 0 Å². The Bertz CT molecular complexity index is 1250. The van der Waals surface area contributed by atoms with E-state index in [2.05, 4.69) is 9.82 Å². The van der Waals surface area contributed by atoms with Crippen LogP contribution >= 0.6 is 0 Å². The van der Waals surface area contributed by atoms with Crippen LogP contribution in [0.25, 0.3) is 11.8 Å². The maximum absolute atomic E-state index is 12.6. The Morgan fingerprint density at radius 3 is 2.42 bits per heavy atom. The van der Waals surface area contributed by atoms with Crippen LogP contribution in [0.1, 0.15) is 34.5 Å². The van der Waals surface area contributed by atoms with Gasteiger partial charge in [-0.2, -0.15) is 5.10 Å². The second-order valence-corrected chi connectivity index (χ2v) is 9.65. The number of sulfonamides is 1. The highest BCUT2D eigenvalue weighted by atomic mass is 32.2. The predicted molar refractivity (Wildman–Crippen MR) is 131 cm³/mol. The first-order valence-electron chi connectivity index (χ1n) is 10.8. The minimum atomic E-state index is -3.62. The molecule has 33 heavy (non-hydrogen) atoms. The van der Waals surface area contributed by atoms with E-state index >= 15 is 0 Å². The third-order valence-corrected chi connectivity index (χ3v) is 6.59. The molecule has 0 aliphatic heterocycles. The Morgan fingerprint density at radius 1 is 1.06 bits per heavy atom. The summed E-state index contributed by atoms with van der Waals surface area (Å²) in [5, 5.41) is 5.79. The van der Waals surface area contributed by atoms with Crippen LogP contribution in [0.5, 0.6) is 0 Å². The van der Waals surface area contributed by atoms with Crippen molar-refractivity contribution in [2.24, 2.45) is 0 Å². The second kappa shape index (κ2) is 10.6. The van der Waals surface area contributed by atoms with E-state index in [0.29, 0.717) is 6.54 Å². The van der Waals surface area contributed by atoms with E-state index in [0.717, 1.165) is 39.2 Å². The fourth-order valence-corrected chi connectivity index (χ4v) is 4.36. The maximum atomic E-state index is 12.6. The number of aryl methyl sites for hydroxylation is 2. The molecule has 0 radical (unpaired) electrons. The monoisotopic (exact) mass is 466 g/mol. The van der Waals surface area contributed by atoms with Gasteiger partial charge in [0.25, 0.3) is 0 Å². The summed E-state index contributed by atoms with van der Waals surface area (Å²) in [5.74, 6) is -0.146. The normalized spacial score (nSPS) is 11.8. The van der Waals surface area contributed by atoms with Crippen LogP contribution in [-0.2, 0) is 21.4 Å². The molecule has 0 bridgehead atoms. The van der Waals surface area contributed by atoms with Crippen molar-refractivity contribution in [3.05, 3.63) is 88.1 Å². The lowest BCUT2D eigenvalue weighted by molar-refractivity contribution is -0.130. The molecule has 1 heterocycles. The first kappa shape index (κ1) is 24.4. The molecule has 0 fully saturated rings. The quantitative estimate of drug-likeness (QED) is 0.521. The zero-order valence-electron chi connectivity index (χ0n) is 19.4. The van der Waals surface area contributed by atoms with Gasteiger partial charge in [-0.3, -0.25) is 4.79 Å². The summed E-state index contributed by atoms with van der Waals surface area (Å²) in [6.45, 7) is 6.40. The summed E-state index contributed by atoms with van der Waals surface area (Å²) in [6, 6.07) is 17.2. The molecule has 0 saturated heterocycles. The molecule has 3 rings (SSSR count). The SMILES string of the molecule is Cc1ccccc1-n1nc(C)c(CN(C)C(=O)CCNS(=O)(=O)C=Cc2ccccc2)c1C. The minimum absolute atomic E-state index is 0.0328. The average molecular weight is 467 g/mol. The number of carbonyl (C=O) groups excluding carboxylic acids is 1. The third-order valence-electron chi connectivity index (χ3n) is 5.49. The number of para-hydroxylation sites is 1.